The van der Waals surface area contributed by atoms with E-state index >= 15 is 0 Å². The molecule has 0 aliphatic rings. The molecule has 0 unspecified atom stereocenters. The highest BCUT2D eigenvalue weighted by Gasteiger charge is 2.06. The van der Waals surface area contributed by atoms with Crippen molar-refractivity contribution in [3.63, 3.8) is 0 Å². The lowest BCUT2D eigenvalue weighted by molar-refractivity contribution is 0.795. The van der Waals surface area contributed by atoms with Crippen LogP contribution in [-0.2, 0) is 7.05 Å². The maximum atomic E-state index is 11.5. The number of nitrogens with zero attached hydrogens (tertiary/aromatic N) is 1. The Morgan fingerprint density at radius 2 is 2.15 bits per heavy atom. The van der Waals surface area contributed by atoms with Gasteiger partial charge in [-0.1, -0.05) is 0 Å². The standard InChI is InChI=1S/C8H8N2O2S/c1-4-3-5-6(13-4)9-8(12)10(2)7(5)11/h3H,1-2H3,(H,9,12). The van der Waals surface area contributed by atoms with E-state index < -0.39 is 0 Å². The first kappa shape index (κ1) is 8.25. The molecule has 4 nitrogen and oxygen atoms in total. The summed E-state index contributed by atoms with van der Waals surface area (Å²) >= 11 is 1.42. The fourth-order valence-corrected chi connectivity index (χ4v) is 2.11. The van der Waals surface area contributed by atoms with Crippen LogP contribution in [0.5, 0.6) is 0 Å². The van der Waals surface area contributed by atoms with Crippen molar-refractivity contribution in [1.29, 1.82) is 0 Å². The molecule has 1 N–H and O–H groups in total. The highest BCUT2D eigenvalue weighted by Crippen LogP contribution is 2.18. The van der Waals surface area contributed by atoms with Gasteiger partial charge >= 0.3 is 5.69 Å². The third-order valence-electron chi connectivity index (χ3n) is 1.92. The lowest BCUT2D eigenvalue weighted by atomic mass is 10.4. The number of nitrogens with one attached hydrogen (secondary N) is 1. The molecular formula is C8H8N2O2S. The lowest BCUT2D eigenvalue weighted by Gasteiger charge is -1.93. The molecule has 0 fully saturated rings. The molecule has 0 bridgehead atoms. The molecule has 2 aromatic heterocycles. The predicted molar refractivity (Wildman–Crippen MR) is 52.4 cm³/mol. The minimum atomic E-state index is -0.362. The average Bonchev–Trinajstić information content (AvgIpc) is 2.42. The van der Waals surface area contributed by atoms with Gasteiger partial charge in [0.15, 0.2) is 0 Å². The summed E-state index contributed by atoms with van der Waals surface area (Å²) in [4.78, 5) is 27.0. The number of hydrogen-bond donors (Lipinski definition) is 1. The summed E-state index contributed by atoms with van der Waals surface area (Å²) in [5.74, 6) is 0. The van der Waals surface area contributed by atoms with E-state index in [-0.39, 0.29) is 11.2 Å². The number of hydrogen-bond acceptors (Lipinski definition) is 3. The first-order chi connectivity index (χ1) is 6.09. The van der Waals surface area contributed by atoms with E-state index in [9.17, 15) is 9.59 Å². The Morgan fingerprint density at radius 3 is 2.85 bits per heavy atom. The van der Waals surface area contributed by atoms with Gasteiger partial charge in [0, 0.05) is 11.9 Å². The Bertz CT molecular complexity index is 576. The highest BCUT2D eigenvalue weighted by atomic mass is 32.1. The second kappa shape index (κ2) is 2.56. The number of rotatable bonds is 0. The maximum Gasteiger partial charge on any atom is 0.329 e. The predicted octanol–water partition coefficient (Wildman–Crippen LogP) is 0.597. The van der Waals surface area contributed by atoms with Crippen LogP contribution in [0.1, 0.15) is 4.88 Å². The van der Waals surface area contributed by atoms with Crippen LogP contribution in [0, 0.1) is 6.92 Å². The number of thiophene rings is 1. The van der Waals surface area contributed by atoms with E-state index in [2.05, 4.69) is 4.98 Å². The third-order valence-corrected chi connectivity index (χ3v) is 2.88. The van der Waals surface area contributed by atoms with E-state index in [1.807, 2.05) is 6.92 Å². The molecule has 0 aliphatic heterocycles. The number of fused-ring (bicyclic) bond motifs is 1. The fraction of sp³-hybridized carbons (Fsp3) is 0.250. The van der Waals surface area contributed by atoms with Crippen molar-refractivity contribution in [2.75, 3.05) is 0 Å². The Kier molecular flexibility index (Phi) is 1.63. The van der Waals surface area contributed by atoms with Crippen LogP contribution in [0.4, 0.5) is 0 Å². The second-order valence-corrected chi connectivity index (χ2v) is 4.15. The molecule has 2 aromatic rings. The summed E-state index contributed by atoms with van der Waals surface area (Å²) < 4.78 is 1.08. The zero-order valence-electron chi connectivity index (χ0n) is 7.25. The second-order valence-electron chi connectivity index (χ2n) is 2.89. The van der Waals surface area contributed by atoms with Crippen LogP contribution >= 0.6 is 11.3 Å². The summed E-state index contributed by atoms with van der Waals surface area (Å²) in [7, 11) is 1.47. The van der Waals surface area contributed by atoms with Crippen LogP contribution in [0.2, 0.25) is 0 Å². The molecule has 2 rings (SSSR count). The zero-order chi connectivity index (χ0) is 9.59. The van der Waals surface area contributed by atoms with E-state index in [1.165, 1.54) is 18.4 Å². The van der Waals surface area contributed by atoms with Crippen molar-refractivity contribution in [2.45, 2.75) is 6.92 Å². The Hall–Kier alpha value is -1.36. The van der Waals surface area contributed by atoms with Gasteiger partial charge in [-0.3, -0.25) is 14.3 Å². The molecule has 0 spiro atoms. The van der Waals surface area contributed by atoms with Gasteiger partial charge in [0.25, 0.3) is 5.56 Å². The van der Waals surface area contributed by atoms with Crippen LogP contribution in [0.15, 0.2) is 15.7 Å². The van der Waals surface area contributed by atoms with Gasteiger partial charge in [0.05, 0.1) is 5.39 Å². The molecule has 13 heavy (non-hydrogen) atoms. The molecule has 0 radical (unpaired) electrons. The van der Waals surface area contributed by atoms with Gasteiger partial charge < -0.3 is 0 Å². The van der Waals surface area contributed by atoms with Crippen molar-refractivity contribution >= 4 is 21.6 Å². The van der Waals surface area contributed by atoms with Crippen LogP contribution in [0.25, 0.3) is 10.2 Å². The molecule has 2 heterocycles. The fourth-order valence-electron chi connectivity index (χ4n) is 1.22. The number of aryl methyl sites for hydroxylation is 1. The first-order valence-corrected chi connectivity index (χ1v) is 4.60. The number of aromatic nitrogens is 2. The smallest absolute Gasteiger partial charge is 0.298 e. The quantitative estimate of drug-likeness (QED) is 0.670. The van der Waals surface area contributed by atoms with Gasteiger partial charge in [-0.2, -0.15) is 0 Å². The van der Waals surface area contributed by atoms with Crippen molar-refractivity contribution in [1.82, 2.24) is 9.55 Å². The zero-order valence-corrected chi connectivity index (χ0v) is 8.07. The normalized spacial score (nSPS) is 10.9. The minimum Gasteiger partial charge on any atom is -0.298 e. The van der Waals surface area contributed by atoms with Crippen molar-refractivity contribution in [3.05, 3.63) is 31.8 Å². The van der Waals surface area contributed by atoms with Gasteiger partial charge in [-0.15, -0.1) is 11.3 Å². The van der Waals surface area contributed by atoms with Gasteiger partial charge in [0.2, 0.25) is 0 Å². The van der Waals surface area contributed by atoms with Crippen LogP contribution < -0.4 is 11.2 Å². The van der Waals surface area contributed by atoms with Crippen molar-refractivity contribution in [2.24, 2.45) is 7.05 Å². The van der Waals surface area contributed by atoms with E-state index in [0.717, 1.165) is 9.44 Å². The summed E-state index contributed by atoms with van der Waals surface area (Å²) in [6.07, 6.45) is 0. The first-order valence-electron chi connectivity index (χ1n) is 3.79. The molecule has 68 valence electrons. The molecule has 0 aliphatic carbocycles. The number of aromatic amines is 1. The molecular weight excluding hydrogens is 188 g/mol. The van der Waals surface area contributed by atoms with Crippen LogP contribution in [0.3, 0.4) is 0 Å². The van der Waals surface area contributed by atoms with E-state index in [1.54, 1.807) is 6.07 Å². The topological polar surface area (TPSA) is 54.9 Å². The molecule has 0 amide bonds. The molecule has 0 aromatic carbocycles. The van der Waals surface area contributed by atoms with Crippen molar-refractivity contribution in [3.8, 4) is 0 Å². The average molecular weight is 196 g/mol. The van der Waals surface area contributed by atoms with Gasteiger partial charge in [0.1, 0.15) is 4.83 Å². The highest BCUT2D eigenvalue weighted by molar-refractivity contribution is 7.18. The third kappa shape index (κ3) is 1.12. The molecule has 0 saturated carbocycles. The van der Waals surface area contributed by atoms with Crippen LogP contribution in [-0.4, -0.2) is 9.55 Å². The van der Waals surface area contributed by atoms with Gasteiger partial charge in [-0.25, -0.2) is 4.79 Å². The lowest BCUT2D eigenvalue weighted by Crippen LogP contribution is -2.31. The molecule has 5 heteroatoms. The van der Waals surface area contributed by atoms with Gasteiger partial charge in [-0.05, 0) is 13.0 Å². The maximum absolute atomic E-state index is 11.5. The summed E-state index contributed by atoms with van der Waals surface area (Å²) in [5, 5.41) is 0.588. The Morgan fingerprint density at radius 1 is 1.46 bits per heavy atom. The largest absolute Gasteiger partial charge is 0.329 e. The van der Waals surface area contributed by atoms with E-state index in [0.29, 0.717) is 10.2 Å². The molecule has 0 atom stereocenters. The SMILES string of the molecule is Cc1cc2c(=O)n(C)c(=O)[nH]c2s1. The minimum absolute atomic E-state index is 0.233. The summed E-state index contributed by atoms with van der Waals surface area (Å²) in [6, 6.07) is 1.79. The van der Waals surface area contributed by atoms with E-state index in [4.69, 9.17) is 0 Å². The molecule has 0 saturated heterocycles. The summed E-state index contributed by atoms with van der Waals surface area (Å²) in [5.41, 5.74) is -0.595. The summed E-state index contributed by atoms with van der Waals surface area (Å²) in [6.45, 7) is 1.91. The number of H-pyrrole nitrogens is 1. The van der Waals surface area contributed by atoms with Crippen molar-refractivity contribution < 1.29 is 0 Å². The Balaban J connectivity index is 3.10. The monoisotopic (exact) mass is 196 g/mol. The Labute approximate surface area is 77.5 Å².